The maximum Gasteiger partial charge on any atom is 0.255 e. The third-order valence-corrected chi connectivity index (χ3v) is 2.13. The molecule has 1 rings (SSSR count). The lowest BCUT2D eigenvalue weighted by Gasteiger charge is -2.14. The quantitative estimate of drug-likeness (QED) is 0.756. The molecule has 1 aromatic carbocycles. The van der Waals surface area contributed by atoms with Crippen LogP contribution in [0.15, 0.2) is 24.3 Å². The summed E-state index contributed by atoms with van der Waals surface area (Å²) in [6.45, 7) is 1.88. The van der Waals surface area contributed by atoms with Crippen molar-refractivity contribution in [3.63, 3.8) is 0 Å². The second kappa shape index (κ2) is 5.36. The molecule has 4 N–H and O–H groups in total. The molecule has 0 aromatic heterocycles. The number of benzene rings is 1. The van der Waals surface area contributed by atoms with Crippen molar-refractivity contribution in [3.8, 4) is 5.75 Å². The molecule has 4 nitrogen and oxygen atoms in total. The van der Waals surface area contributed by atoms with Gasteiger partial charge in [-0.3, -0.25) is 4.79 Å². The van der Waals surface area contributed by atoms with E-state index in [1.807, 2.05) is 25.1 Å². The lowest BCUT2D eigenvalue weighted by atomic mass is 10.0. The Morgan fingerprint density at radius 2 is 2.13 bits per heavy atom. The van der Waals surface area contributed by atoms with Crippen molar-refractivity contribution in [1.82, 2.24) is 0 Å². The summed E-state index contributed by atoms with van der Waals surface area (Å²) in [5, 5.41) is 0. The molecule has 82 valence electrons. The molecule has 4 heteroatoms. The van der Waals surface area contributed by atoms with Crippen molar-refractivity contribution < 1.29 is 9.53 Å². The number of carbonyl (C=O) groups is 1. The van der Waals surface area contributed by atoms with Gasteiger partial charge in [0.05, 0.1) is 0 Å². The van der Waals surface area contributed by atoms with Crippen LogP contribution in [0.25, 0.3) is 0 Å². The summed E-state index contributed by atoms with van der Waals surface area (Å²) in [5.74, 6) is 0.139. The Hall–Kier alpha value is -1.55. The first-order valence-corrected chi connectivity index (χ1v) is 4.90. The van der Waals surface area contributed by atoms with E-state index in [1.165, 1.54) is 0 Å². The Bertz CT molecular complexity index is 339. The van der Waals surface area contributed by atoms with Gasteiger partial charge in [0, 0.05) is 11.6 Å². The van der Waals surface area contributed by atoms with Gasteiger partial charge < -0.3 is 16.2 Å². The topological polar surface area (TPSA) is 78.3 Å². The molecule has 1 atom stereocenters. The third kappa shape index (κ3) is 3.25. The fourth-order valence-electron chi connectivity index (χ4n) is 1.29. The zero-order valence-corrected chi connectivity index (χ0v) is 8.77. The second-order valence-electron chi connectivity index (χ2n) is 3.31. The van der Waals surface area contributed by atoms with E-state index in [9.17, 15) is 4.79 Å². The van der Waals surface area contributed by atoms with Crippen LogP contribution < -0.4 is 16.2 Å². The van der Waals surface area contributed by atoms with Crippen molar-refractivity contribution in [2.45, 2.75) is 19.4 Å². The number of para-hydroxylation sites is 1. The molecular weight excluding hydrogens is 192 g/mol. The standard InChI is InChI=1S/C11H16N2O2/c1-2-9(12)8-5-3-4-6-10(8)15-7-11(13)14/h3-6,9H,2,7,12H2,1H3,(H2,13,14). The summed E-state index contributed by atoms with van der Waals surface area (Å²) < 4.78 is 5.27. The van der Waals surface area contributed by atoms with Gasteiger partial charge in [0.2, 0.25) is 0 Å². The van der Waals surface area contributed by atoms with Crippen LogP contribution in [0.1, 0.15) is 24.9 Å². The minimum Gasteiger partial charge on any atom is -0.483 e. The predicted molar refractivity (Wildman–Crippen MR) is 58.4 cm³/mol. The normalized spacial score (nSPS) is 12.1. The minimum absolute atomic E-state index is 0.0749. The lowest BCUT2D eigenvalue weighted by molar-refractivity contribution is -0.119. The molecule has 0 spiro atoms. The van der Waals surface area contributed by atoms with Crippen LogP contribution in [-0.4, -0.2) is 12.5 Å². The molecule has 0 radical (unpaired) electrons. The van der Waals surface area contributed by atoms with Crippen LogP contribution >= 0.6 is 0 Å². The second-order valence-corrected chi connectivity index (χ2v) is 3.31. The molecule has 15 heavy (non-hydrogen) atoms. The number of carbonyl (C=O) groups excluding carboxylic acids is 1. The third-order valence-electron chi connectivity index (χ3n) is 2.13. The monoisotopic (exact) mass is 208 g/mol. The number of hydrogen-bond donors (Lipinski definition) is 2. The van der Waals surface area contributed by atoms with E-state index in [1.54, 1.807) is 6.07 Å². The number of primary amides is 1. The molecule has 0 bridgehead atoms. The Kier molecular flexibility index (Phi) is 4.12. The zero-order valence-electron chi connectivity index (χ0n) is 8.77. The molecule has 0 aliphatic rings. The number of amides is 1. The summed E-state index contributed by atoms with van der Waals surface area (Å²) >= 11 is 0. The molecule has 0 aliphatic carbocycles. The van der Waals surface area contributed by atoms with Gasteiger partial charge in [-0.1, -0.05) is 25.1 Å². The van der Waals surface area contributed by atoms with Gasteiger partial charge in [0.25, 0.3) is 5.91 Å². The van der Waals surface area contributed by atoms with Crippen LogP contribution in [0, 0.1) is 0 Å². The lowest BCUT2D eigenvalue weighted by Crippen LogP contribution is -2.21. The molecular formula is C11H16N2O2. The van der Waals surface area contributed by atoms with Crippen molar-refractivity contribution in [3.05, 3.63) is 29.8 Å². The SMILES string of the molecule is CCC(N)c1ccccc1OCC(N)=O. The van der Waals surface area contributed by atoms with Crippen LogP contribution in [0.5, 0.6) is 5.75 Å². The van der Waals surface area contributed by atoms with Crippen molar-refractivity contribution >= 4 is 5.91 Å². The first-order valence-electron chi connectivity index (χ1n) is 4.90. The number of ether oxygens (including phenoxy) is 1. The number of rotatable bonds is 5. The summed E-state index contributed by atoms with van der Waals surface area (Å²) in [5.41, 5.74) is 11.8. The molecule has 1 aromatic rings. The average Bonchev–Trinajstić information content (AvgIpc) is 2.25. The van der Waals surface area contributed by atoms with E-state index in [2.05, 4.69) is 0 Å². The van der Waals surface area contributed by atoms with Crippen molar-refractivity contribution in [2.24, 2.45) is 11.5 Å². The van der Waals surface area contributed by atoms with E-state index < -0.39 is 5.91 Å². The molecule has 1 amide bonds. The van der Waals surface area contributed by atoms with Gasteiger partial charge in [-0.15, -0.1) is 0 Å². The summed E-state index contributed by atoms with van der Waals surface area (Å²) in [6.07, 6.45) is 0.816. The summed E-state index contributed by atoms with van der Waals surface area (Å²) in [4.78, 5) is 10.6. The van der Waals surface area contributed by atoms with Crippen LogP contribution in [0.4, 0.5) is 0 Å². The van der Waals surface area contributed by atoms with Crippen LogP contribution in [0.2, 0.25) is 0 Å². The average molecular weight is 208 g/mol. The molecule has 1 unspecified atom stereocenters. The smallest absolute Gasteiger partial charge is 0.255 e. The zero-order chi connectivity index (χ0) is 11.3. The van der Waals surface area contributed by atoms with Crippen LogP contribution in [-0.2, 0) is 4.79 Å². The number of hydrogen-bond acceptors (Lipinski definition) is 3. The van der Waals surface area contributed by atoms with Gasteiger partial charge in [-0.25, -0.2) is 0 Å². The first-order chi connectivity index (χ1) is 7.15. The molecule has 0 heterocycles. The van der Waals surface area contributed by atoms with Gasteiger partial charge in [0.1, 0.15) is 5.75 Å². The van der Waals surface area contributed by atoms with Gasteiger partial charge >= 0.3 is 0 Å². The highest BCUT2D eigenvalue weighted by Gasteiger charge is 2.10. The van der Waals surface area contributed by atoms with E-state index >= 15 is 0 Å². The van der Waals surface area contributed by atoms with E-state index in [-0.39, 0.29) is 12.6 Å². The minimum atomic E-state index is -0.491. The summed E-state index contributed by atoms with van der Waals surface area (Å²) in [6, 6.07) is 7.33. The maximum atomic E-state index is 10.6. The van der Waals surface area contributed by atoms with E-state index in [4.69, 9.17) is 16.2 Å². The Labute approximate surface area is 89.2 Å². The van der Waals surface area contributed by atoms with Crippen molar-refractivity contribution in [1.29, 1.82) is 0 Å². The highest BCUT2D eigenvalue weighted by Crippen LogP contribution is 2.25. The maximum absolute atomic E-state index is 10.6. The summed E-state index contributed by atoms with van der Waals surface area (Å²) in [7, 11) is 0. The van der Waals surface area contributed by atoms with Crippen molar-refractivity contribution in [2.75, 3.05) is 6.61 Å². The highest BCUT2D eigenvalue weighted by molar-refractivity contribution is 5.75. The largest absolute Gasteiger partial charge is 0.483 e. The van der Waals surface area contributed by atoms with Gasteiger partial charge in [-0.05, 0) is 12.5 Å². The Morgan fingerprint density at radius 1 is 1.47 bits per heavy atom. The molecule has 0 saturated heterocycles. The fraction of sp³-hybridized carbons (Fsp3) is 0.364. The molecule has 0 fully saturated rings. The van der Waals surface area contributed by atoms with Crippen LogP contribution in [0.3, 0.4) is 0 Å². The highest BCUT2D eigenvalue weighted by atomic mass is 16.5. The number of nitrogens with two attached hydrogens (primary N) is 2. The fourth-order valence-corrected chi connectivity index (χ4v) is 1.29. The molecule has 0 saturated carbocycles. The Balaban J connectivity index is 2.81. The van der Waals surface area contributed by atoms with Gasteiger partial charge in [-0.2, -0.15) is 0 Å². The molecule has 0 aliphatic heterocycles. The van der Waals surface area contributed by atoms with E-state index in [0.717, 1.165) is 12.0 Å². The first kappa shape index (κ1) is 11.5. The van der Waals surface area contributed by atoms with Gasteiger partial charge in [0.15, 0.2) is 6.61 Å². The van der Waals surface area contributed by atoms with E-state index in [0.29, 0.717) is 5.75 Å². The Morgan fingerprint density at radius 3 is 2.73 bits per heavy atom. The predicted octanol–water partition coefficient (Wildman–Crippen LogP) is 0.961.